The van der Waals surface area contributed by atoms with Crippen LogP contribution in [0.1, 0.15) is 22.8 Å². The minimum Gasteiger partial charge on any atom is -0.424 e. The van der Waals surface area contributed by atoms with E-state index in [2.05, 4.69) is 4.98 Å². The van der Waals surface area contributed by atoms with Crippen LogP contribution in [0.3, 0.4) is 0 Å². The molecule has 0 unspecified atom stereocenters. The summed E-state index contributed by atoms with van der Waals surface area (Å²) < 4.78 is 5.42. The molecule has 1 N–H and O–H groups in total. The Morgan fingerprint density at radius 1 is 1.42 bits per heavy atom. The zero-order valence-corrected chi connectivity index (χ0v) is 12.2. The van der Waals surface area contributed by atoms with Gasteiger partial charge in [0.2, 0.25) is 0 Å². The van der Waals surface area contributed by atoms with Crippen LogP contribution in [0.2, 0.25) is 5.02 Å². The number of hydrogen-bond donors (Lipinski definition) is 1. The molecule has 0 bridgehead atoms. The van der Waals surface area contributed by atoms with Gasteiger partial charge in [0.1, 0.15) is 5.56 Å². The van der Waals surface area contributed by atoms with Crippen LogP contribution in [0.4, 0.5) is 0 Å². The third-order valence-corrected chi connectivity index (χ3v) is 3.60. The Labute approximate surface area is 119 Å². The Morgan fingerprint density at radius 3 is 2.68 bits per heavy atom. The molecule has 0 amide bonds. The molecule has 100 valence electrons. The van der Waals surface area contributed by atoms with Gasteiger partial charge in [0, 0.05) is 6.26 Å². The fourth-order valence-electron chi connectivity index (χ4n) is 1.91. The number of nitrogens with one attached hydrogen (secondary N) is 1. The molecule has 0 spiro atoms. The second-order valence-electron chi connectivity index (χ2n) is 4.08. The van der Waals surface area contributed by atoms with Crippen molar-refractivity contribution < 1.29 is 8.98 Å². The molecule has 0 aliphatic carbocycles. The Bertz CT molecular complexity index is 724. The number of aryl methyl sites for hydroxylation is 1. The van der Waals surface area contributed by atoms with Crippen LogP contribution in [0, 0.1) is 6.92 Å². The van der Waals surface area contributed by atoms with E-state index in [9.17, 15) is 9.59 Å². The third kappa shape index (κ3) is 2.35. The van der Waals surface area contributed by atoms with E-state index in [0.717, 1.165) is 17.6 Å². The SMILES string of the molecule is CSOc1c(C(C)=O)c(=O)[nH]c2ccc(C)c(Cl)c12. The predicted octanol–water partition coefficient (Wildman–Crippen LogP) is 3.35. The molecule has 2 rings (SSSR count). The van der Waals surface area contributed by atoms with Gasteiger partial charge >= 0.3 is 0 Å². The van der Waals surface area contributed by atoms with E-state index < -0.39 is 5.56 Å². The zero-order valence-electron chi connectivity index (χ0n) is 10.7. The van der Waals surface area contributed by atoms with Crippen LogP contribution in [0.5, 0.6) is 5.75 Å². The average Bonchev–Trinajstić information content (AvgIpc) is 2.33. The van der Waals surface area contributed by atoms with E-state index in [4.69, 9.17) is 15.8 Å². The molecule has 0 atom stereocenters. The first-order valence-electron chi connectivity index (χ1n) is 5.54. The summed E-state index contributed by atoms with van der Waals surface area (Å²) in [5.41, 5.74) is 0.926. The van der Waals surface area contributed by atoms with Crippen LogP contribution >= 0.6 is 23.6 Å². The first-order valence-corrected chi connectivity index (χ1v) is 7.06. The van der Waals surface area contributed by atoms with Crippen molar-refractivity contribution in [2.75, 3.05) is 6.26 Å². The van der Waals surface area contributed by atoms with Gasteiger partial charge in [-0.05, 0) is 25.5 Å². The van der Waals surface area contributed by atoms with Crippen LogP contribution in [0.25, 0.3) is 10.9 Å². The number of halogens is 1. The van der Waals surface area contributed by atoms with Crippen molar-refractivity contribution in [1.29, 1.82) is 0 Å². The highest BCUT2D eigenvalue weighted by molar-refractivity contribution is 7.94. The number of hydrogen-bond acceptors (Lipinski definition) is 4. The lowest BCUT2D eigenvalue weighted by Crippen LogP contribution is -2.17. The molecule has 6 heteroatoms. The minimum atomic E-state index is -0.469. The van der Waals surface area contributed by atoms with E-state index in [1.165, 1.54) is 6.92 Å². The summed E-state index contributed by atoms with van der Waals surface area (Å²) in [5.74, 6) is -0.128. The third-order valence-electron chi connectivity index (χ3n) is 2.78. The molecule has 0 aliphatic rings. The Kier molecular flexibility index (Phi) is 3.87. The van der Waals surface area contributed by atoms with Gasteiger partial charge in [0.15, 0.2) is 11.5 Å². The number of carbonyl (C=O) groups is 1. The van der Waals surface area contributed by atoms with E-state index >= 15 is 0 Å². The number of carbonyl (C=O) groups excluding carboxylic acids is 1. The standard InChI is InChI=1S/C13H12ClNO3S/c1-6-4-5-8-10(11(6)14)12(18-19-3)9(7(2)16)13(17)15-8/h4-5H,1-3H3,(H,15,17). The van der Waals surface area contributed by atoms with Crippen molar-refractivity contribution in [3.63, 3.8) is 0 Å². The number of pyridine rings is 1. The lowest BCUT2D eigenvalue weighted by Gasteiger charge is -2.12. The maximum Gasteiger partial charge on any atom is 0.263 e. The maximum atomic E-state index is 12.0. The number of aromatic amines is 1. The number of fused-ring (bicyclic) bond motifs is 1. The van der Waals surface area contributed by atoms with Gasteiger partial charge in [-0.2, -0.15) is 0 Å². The number of H-pyrrole nitrogens is 1. The average molecular weight is 298 g/mol. The highest BCUT2D eigenvalue weighted by atomic mass is 35.5. The summed E-state index contributed by atoms with van der Waals surface area (Å²) in [6, 6.07) is 3.55. The second kappa shape index (κ2) is 5.27. The Hall–Kier alpha value is -1.46. The number of ketones is 1. The summed E-state index contributed by atoms with van der Waals surface area (Å²) in [4.78, 5) is 26.3. The summed E-state index contributed by atoms with van der Waals surface area (Å²) in [6.45, 7) is 3.18. The van der Waals surface area contributed by atoms with Crippen LogP contribution in [-0.2, 0) is 0 Å². The van der Waals surface area contributed by atoms with Gasteiger partial charge in [-0.3, -0.25) is 9.59 Å². The fraction of sp³-hybridized carbons (Fsp3) is 0.231. The van der Waals surface area contributed by atoms with Gasteiger partial charge in [-0.1, -0.05) is 17.7 Å². The Morgan fingerprint density at radius 2 is 2.11 bits per heavy atom. The van der Waals surface area contributed by atoms with Crippen molar-refractivity contribution in [2.24, 2.45) is 0 Å². The molecule has 0 fully saturated rings. The van der Waals surface area contributed by atoms with Crippen molar-refractivity contribution in [3.8, 4) is 5.75 Å². The molecular weight excluding hydrogens is 286 g/mol. The van der Waals surface area contributed by atoms with Gasteiger partial charge in [0.25, 0.3) is 5.56 Å². The smallest absolute Gasteiger partial charge is 0.263 e. The molecule has 2 aromatic rings. The first-order chi connectivity index (χ1) is 8.97. The largest absolute Gasteiger partial charge is 0.424 e. The van der Waals surface area contributed by atoms with Gasteiger partial charge in [-0.15, -0.1) is 0 Å². The maximum absolute atomic E-state index is 12.0. The molecule has 0 saturated carbocycles. The monoisotopic (exact) mass is 297 g/mol. The zero-order chi connectivity index (χ0) is 14.2. The number of Topliss-reactive ketones (excluding diaryl/α,β-unsaturated/α-hetero) is 1. The van der Waals surface area contributed by atoms with Crippen molar-refractivity contribution in [3.05, 3.63) is 38.6 Å². The van der Waals surface area contributed by atoms with Gasteiger partial charge in [0.05, 0.1) is 28.0 Å². The molecule has 0 radical (unpaired) electrons. The van der Waals surface area contributed by atoms with E-state index in [1.54, 1.807) is 18.4 Å². The molecule has 1 aromatic carbocycles. The topological polar surface area (TPSA) is 59.2 Å². The second-order valence-corrected chi connectivity index (χ2v) is 4.96. The fourth-order valence-corrected chi connectivity index (χ4v) is 2.49. The van der Waals surface area contributed by atoms with E-state index in [0.29, 0.717) is 15.9 Å². The van der Waals surface area contributed by atoms with Crippen molar-refractivity contribution >= 4 is 40.3 Å². The molecule has 19 heavy (non-hydrogen) atoms. The predicted molar refractivity (Wildman–Crippen MR) is 78.5 cm³/mol. The molecule has 4 nitrogen and oxygen atoms in total. The van der Waals surface area contributed by atoms with E-state index in [-0.39, 0.29) is 17.1 Å². The van der Waals surface area contributed by atoms with Gasteiger partial charge in [-0.25, -0.2) is 0 Å². The lowest BCUT2D eigenvalue weighted by atomic mass is 10.1. The van der Waals surface area contributed by atoms with E-state index in [1.807, 2.05) is 6.92 Å². The number of aromatic nitrogens is 1. The highest BCUT2D eigenvalue weighted by Gasteiger charge is 2.20. The normalized spacial score (nSPS) is 10.7. The molecule has 1 heterocycles. The molecule has 1 aromatic heterocycles. The number of rotatable bonds is 3. The summed E-state index contributed by atoms with van der Waals surface area (Å²) in [5, 5.41) is 1.03. The summed E-state index contributed by atoms with van der Waals surface area (Å²) >= 11 is 7.33. The summed E-state index contributed by atoms with van der Waals surface area (Å²) in [7, 11) is 0. The molecule has 0 saturated heterocycles. The van der Waals surface area contributed by atoms with Crippen LogP contribution in [-0.4, -0.2) is 17.0 Å². The van der Waals surface area contributed by atoms with Crippen molar-refractivity contribution in [2.45, 2.75) is 13.8 Å². The summed E-state index contributed by atoms with van der Waals surface area (Å²) in [6.07, 6.45) is 1.71. The first kappa shape index (κ1) is 14.0. The van der Waals surface area contributed by atoms with Crippen LogP contribution in [0.15, 0.2) is 16.9 Å². The molecular formula is C13H12ClNO3S. The lowest BCUT2D eigenvalue weighted by molar-refractivity contribution is 0.101. The minimum absolute atomic E-state index is 0.00523. The van der Waals surface area contributed by atoms with Gasteiger partial charge < -0.3 is 9.17 Å². The van der Waals surface area contributed by atoms with Crippen LogP contribution < -0.4 is 9.74 Å². The van der Waals surface area contributed by atoms with Crippen molar-refractivity contribution in [1.82, 2.24) is 4.98 Å². The number of benzene rings is 1. The highest BCUT2D eigenvalue weighted by Crippen LogP contribution is 2.36. The Balaban J connectivity index is 3.00. The molecule has 0 aliphatic heterocycles. The quantitative estimate of drug-likeness (QED) is 0.697.